The summed E-state index contributed by atoms with van der Waals surface area (Å²) in [6.07, 6.45) is 13.7. The molecule has 2 fully saturated rings. The van der Waals surface area contributed by atoms with Gasteiger partial charge in [0.15, 0.2) is 0 Å². The summed E-state index contributed by atoms with van der Waals surface area (Å²) in [6.45, 7) is 2.39. The fourth-order valence-electron chi connectivity index (χ4n) is 3.47. The van der Waals surface area contributed by atoms with Gasteiger partial charge < -0.3 is 10.1 Å². The molecule has 90 valence electrons. The van der Waals surface area contributed by atoms with Crippen LogP contribution in [0.1, 0.15) is 38.5 Å². The number of hydrogen-bond donors (Lipinski definition) is 1. The molecule has 2 heterocycles. The molecule has 0 aromatic heterocycles. The maximum absolute atomic E-state index is 5.88. The maximum atomic E-state index is 5.88. The number of rotatable bonds is 4. The van der Waals surface area contributed by atoms with Gasteiger partial charge in [-0.3, -0.25) is 0 Å². The molecule has 16 heavy (non-hydrogen) atoms. The van der Waals surface area contributed by atoms with Crippen LogP contribution in [0.2, 0.25) is 0 Å². The zero-order chi connectivity index (χ0) is 10.8. The minimum atomic E-state index is 0.587. The molecule has 4 unspecified atom stereocenters. The third-order valence-electron chi connectivity index (χ3n) is 4.45. The smallest absolute Gasteiger partial charge is 0.0621 e. The summed E-state index contributed by atoms with van der Waals surface area (Å²) < 4.78 is 5.88. The van der Waals surface area contributed by atoms with Crippen molar-refractivity contribution in [3.05, 3.63) is 12.2 Å². The second-order valence-corrected chi connectivity index (χ2v) is 5.68. The fourth-order valence-corrected chi connectivity index (χ4v) is 3.47. The standard InChI is InChI=1S/C14H23NO/c1-2-4-11(5-3-1)9-15-10-12-8-13-6-7-14(12)16-13/h1-2,11-15H,3-10H2. The van der Waals surface area contributed by atoms with Crippen LogP contribution in [0, 0.1) is 11.8 Å². The van der Waals surface area contributed by atoms with Gasteiger partial charge in [0.25, 0.3) is 0 Å². The summed E-state index contributed by atoms with van der Waals surface area (Å²) in [5.41, 5.74) is 0. The molecule has 0 radical (unpaired) electrons. The zero-order valence-electron chi connectivity index (χ0n) is 10.0. The van der Waals surface area contributed by atoms with Crippen LogP contribution >= 0.6 is 0 Å². The average molecular weight is 221 g/mol. The number of nitrogens with one attached hydrogen (secondary N) is 1. The first-order chi connectivity index (χ1) is 7.92. The van der Waals surface area contributed by atoms with Gasteiger partial charge in [0.1, 0.15) is 0 Å². The Bertz CT molecular complexity index is 263. The lowest BCUT2D eigenvalue weighted by Crippen LogP contribution is -2.32. The van der Waals surface area contributed by atoms with Crippen molar-refractivity contribution in [1.29, 1.82) is 0 Å². The predicted molar refractivity (Wildman–Crippen MR) is 65.4 cm³/mol. The van der Waals surface area contributed by atoms with Crippen molar-refractivity contribution < 1.29 is 4.74 Å². The van der Waals surface area contributed by atoms with Gasteiger partial charge in [0.05, 0.1) is 12.2 Å². The highest BCUT2D eigenvalue weighted by Gasteiger charge is 2.40. The molecule has 1 aliphatic carbocycles. The van der Waals surface area contributed by atoms with E-state index in [0.717, 1.165) is 11.8 Å². The van der Waals surface area contributed by atoms with E-state index < -0.39 is 0 Å². The van der Waals surface area contributed by atoms with E-state index in [1.807, 2.05) is 0 Å². The lowest BCUT2D eigenvalue weighted by atomic mass is 9.89. The van der Waals surface area contributed by atoms with Crippen LogP contribution in [0.4, 0.5) is 0 Å². The van der Waals surface area contributed by atoms with Crippen LogP contribution in [-0.4, -0.2) is 25.3 Å². The quantitative estimate of drug-likeness (QED) is 0.736. The Hall–Kier alpha value is -0.340. The van der Waals surface area contributed by atoms with Gasteiger partial charge in [0, 0.05) is 12.5 Å². The minimum absolute atomic E-state index is 0.587. The summed E-state index contributed by atoms with van der Waals surface area (Å²) in [4.78, 5) is 0. The van der Waals surface area contributed by atoms with Gasteiger partial charge in [-0.05, 0) is 51.0 Å². The van der Waals surface area contributed by atoms with Crippen molar-refractivity contribution in [1.82, 2.24) is 5.32 Å². The van der Waals surface area contributed by atoms with Crippen LogP contribution in [0.3, 0.4) is 0 Å². The van der Waals surface area contributed by atoms with E-state index in [9.17, 15) is 0 Å². The zero-order valence-corrected chi connectivity index (χ0v) is 10.0. The highest BCUT2D eigenvalue weighted by Crippen LogP contribution is 2.38. The number of fused-ring (bicyclic) bond motifs is 2. The molecule has 2 aliphatic heterocycles. The molecule has 2 bridgehead atoms. The summed E-state index contributed by atoms with van der Waals surface area (Å²) in [5, 5.41) is 3.67. The van der Waals surface area contributed by atoms with Crippen molar-refractivity contribution in [3.63, 3.8) is 0 Å². The van der Waals surface area contributed by atoms with Crippen molar-refractivity contribution in [3.8, 4) is 0 Å². The highest BCUT2D eigenvalue weighted by molar-refractivity contribution is 4.92. The monoisotopic (exact) mass is 221 g/mol. The van der Waals surface area contributed by atoms with Crippen LogP contribution in [0.25, 0.3) is 0 Å². The second kappa shape index (κ2) is 4.89. The molecule has 2 saturated heterocycles. The third kappa shape index (κ3) is 2.33. The Balaban J connectivity index is 1.36. The second-order valence-electron chi connectivity index (χ2n) is 5.68. The first-order valence-corrected chi connectivity index (χ1v) is 6.93. The number of hydrogen-bond acceptors (Lipinski definition) is 2. The Morgan fingerprint density at radius 1 is 1.12 bits per heavy atom. The average Bonchev–Trinajstić information content (AvgIpc) is 2.92. The van der Waals surface area contributed by atoms with Crippen molar-refractivity contribution >= 4 is 0 Å². The number of allylic oxidation sites excluding steroid dienone is 2. The normalized spacial score (nSPS) is 41.8. The molecule has 2 heteroatoms. The van der Waals surface area contributed by atoms with Crippen molar-refractivity contribution in [2.75, 3.05) is 13.1 Å². The van der Waals surface area contributed by atoms with Crippen molar-refractivity contribution in [2.24, 2.45) is 11.8 Å². The highest BCUT2D eigenvalue weighted by atomic mass is 16.5. The van der Waals surface area contributed by atoms with Crippen LogP contribution in [0.5, 0.6) is 0 Å². The third-order valence-corrected chi connectivity index (χ3v) is 4.45. The first kappa shape index (κ1) is 10.8. The summed E-state index contributed by atoms with van der Waals surface area (Å²) >= 11 is 0. The molecule has 0 aromatic carbocycles. The van der Waals surface area contributed by atoms with E-state index >= 15 is 0 Å². The molecule has 0 aromatic rings. The molecule has 2 nitrogen and oxygen atoms in total. The van der Waals surface area contributed by atoms with E-state index in [4.69, 9.17) is 4.74 Å². The summed E-state index contributed by atoms with van der Waals surface area (Å²) in [7, 11) is 0. The maximum Gasteiger partial charge on any atom is 0.0621 e. The molecule has 0 amide bonds. The lowest BCUT2D eigenvalue weighted by Gasteiger charge is -2.22. The van der Waals surface area contributed by atoms with E-state index in [2.05, 4.69) is 17.5 Å². The van der Waals surface area contributed by atoms with Gasteiger partial charge in [-0.25, -0.2) is 0 Å². The predicted octanol–water partition coefficient (Wildman–Crippen LogP) is 2.50. The number of ether oxygens (including phenoxy) is 1. The first-order valence-electron chi connectivity index (χ1n) is 6.93. The summed E-state index contributed by atoms with van der Waals surface area (Å²) in [5.74, 6) is 1.68. The Labute approximate surface area is 98.4 Å². The lowest BCUT2D eigenvalue weighted by molar-refractivity contribution is 0.0922. The molecule has 3 aliphatic rings. The van der Waals surface area contributed by atoms with E-state index in [1.54, 1.807) is 0 Å². The van der Waals surface area contributed by atoms with Gasteiger partial charge in [0.2, 0.25) is 0 Å². The molecule has 1 N–H and O–H groups in total. The summed E-state index contributed by atoms with van der Waals surface area (Å²) in [6, 6.07) is 0. The van der Waals surface area contributed by atoms with Crippen LogP contribution in [0.15, 0.2) is 12.2 Å². The Morgan fingerprint density at radius 2 is 2.12 bits per heavy atom. The largest absolute Gasteiger partial charge is 0.375 e. The molecular formula is C14H23NO. The van der Waals surface area contributed by atoms with Crippen LogP contribution < -0.4 is 5.32 Å². The molecule has 4 atom stereocenters. The Kier molecular flexibility index (Phi) is 3.30. The van der Waals surface area contributed by atoms with Gasteiger partial charge >= 0.3 is 0 Å². The van der Waals surface area contributed by atoms with Gasteiger partial charge in [-0.1, -0.05) is 12.2 Å². The minimum Gasteiger partial charge on any atom is -0.375 e. The van der Waals surface area contributed by atoms with Crippen molar-refractivity contribution in [2.45, 2.75) is 50.7 Å². The van der Waals surface area contributed by atoms with E-state index in [-0.39, 0.29) is 0 Å². The topological polar surface area (TPSA) is 21.3 Å². The molecule has 0 spiro atoms. The van der Waals surface area contributed by atoms with Gasteiger partial charge in [-0.2, -0.15) is 0 Å². The molecule has 3 rings (SSSR count). The van der Waals surface area contributed by atoms with Gasteiger partial charge in [-0.15, -0.1) is 0 Å². The van der Waals surface area contributed by atoms with E-state index in [1.165, 1.54) is 51.6 Å². The van der Waals surface area contributed by atoms with Crippen LogP contribution in [-0.2, 0) is 4.74 Å². The van der Waals surface area contributed by atoms with E-state index in [0.29, 0.717) is 12.2 Å². The Morgan fingerprint density at radius 3 is 2.81 bits per heavy atom. The molecule has 0 saturated carbocycles. The molecular weight excluding hydrogens is 198 g/mol. The fraction of sp³-hybridized carbons (Fsp3) is 0.857. The SMILES string of the molecule is C1=CCC(CNCC2CC3CCC2O3)CC1.